The van der Waals surface area contributed by atoms with Crippen LogP contribution in [0, 0.1) is 18.6 Å². The van der Waals surface area contributed by atoms with Crippen LogP contribution in [0.4, 0.5) is 8.78 Å². The Morgan fingerprint density at radius 2 is 1.89 bits per heavy atom. The van der Waals surface area contributed by atoms with Gasteiger partial charge in [0.1, 0.15) is 11.6 Å². The number of hydrogen-bond acceptors (Lipinski definition) is 3. The van der Waals surface area contributed by atoms with Crippen LogP contribution in [-0.4, -0.2) is 12.0 Å². The van der Waals surface area contributed by atoms with Crippen LogP contribution in [0.3, 0.4) is 0 Å². The number of aryl methyl sites for hydroxylation is 1. The summed E-state index contributed by atoms with van der Waals surface area (Å²) in [4.78, 5) is 5.63. The first-order chi connectivity index (χ1) is 8.99. The first-order valence-electron chi connectivity index (χ1n) is 6.08. The van der Waals surface area contributed by atoms with Crippen LogP contribution in [0.15, 0.2) is 18.2 Å². The van der Waals surface area contributed by atoms with Gasteiger partial charge in [-0.3, -0.25) is 0 Å². The fourth-order valence-corrected chi connectivity index (χ4v) is 3.13. The van der Waals surface area contributed by atoms with E-state index >= 15 is 0 Å². The molecule has 5 heteroatoms. The molecular weight excluding hydrogens is 266 g/mol. The summed E-state index contributed by atoms with van der Waals surface area (Å²) in [6.45, 7) is 4.02. The summed E-state index contributed by atoms with van der Waals surface area (Å²) in [6.07, 6.45) is 0.455. The third-order valence-electron chi connectivity index (χ3n) is 2.98. The Labute approximate surface area is 115 Å². The Bertz CT molecular complexity index is 561. The molecule has 1 unspecified atom stereocenters. The second-order valence-corrected chi connectivity index (χ2v) is 5.64. The number of hydrogen-bond donors (Lipinski definition) is 1. The Hall–Kier alpha value is -1.33. The van der Waals surface area contributed by atoms with Gasteiger partial charge in [0.25, 0.3) is 0 Å². The molecule has 1 aromatic heterocycles. The van der Waals surface area contributed by atoms with Crippen molar-refractivity contribution in [2.24, 2.45) is 0 Å². The minimum Gasteiger partial charge on any atom is -0.312 e. The van der Waals surface area contributed by atoms with Gasteiger partial charge in [0.05, 0.1) is 10.7 Å². The van der Waals surface area contributed by atoms with Gasteiger partial charge in [-0.05, 0) is 38.6 Å². The summed E-state index contributed by atoms with van der Waals surface area (Å²) in [5.74, 6) is -1.10. The SMILES string of the molecule is CNC(C)c1sc(Cc2cc(F)cc(F)c2)nc1C. The Kier molecular flexibility index (Phi) is 4.27. The molecule has 2 nitrogen and oxygen atoms in total. The Morgan fingerprint density at radius 1 is 1.26 bits per heavy atom. The van der Waals surface area contributed by atoms with Gasteiger partial charge in [-0.2, -0.15) is 0 Å². The molecule has 1 N–H and O–H groups in total. The molecule has 0 radical (unpaired) electrons. The van der Waals surface area contributed by atoms with Crippen molar-refractivity contribution in [1.29, 1.82) is 0 Å². The van der Waals surface area contributed by atoms with Crippen LogP contribution >= 0.6 is 11.3 Å². The van der Waals surface area contributed by atoms with E-state index in [1.807, 2.05) is 14.0 Å². The van der Waals surface area contributed by atoms with E-state index in [2.05, 4.69) is 17.2 Å². The lowest BCUT2D eigenvalue weighted by atomic mass is 10.1. The molecule has 0 fully saturated rings. The molecule has 0 aliphatic heterocycles. The zero-order valence-electron chi connectivity index (χ0n) is 11.1. The second kappa shape index (κ2) is 5.75. The van der Waals surface area contributed by atoms with Crippen molar-refractivity contribution in [3.05, 3.63) is 51.0 Å². The molecule has 0 amide bonds. The van der Waals surface area contributed by atoms with Crippen LogP contribution in [0.5, 0.6) is 0 Å². The highest BCUT2D eigenvalue weighted by atomic mass is 32.1. The number of thiazole rings is 1. The summed E-state index contributed by atoms with van der Waals surface area (Å²) in [5.41, 5.74) is 1.58. The molecule has 0 aliphatic rings. The fraction of sp³-hybridized carbons (Fsp3) is 0.357. The molecule has 1 aromatic carbocycles. The first-order valence-corrected chi connectivity index (χ1v) is 6.89. The molecule has 0 saturated heterocycles. The molecule has 102 valence electrons. The number of nitrogens with zero attached hydrogens (tertiary/aromatic N) is 1. The number of nitrogens with one attached hydrogen (secondary N) is 1. The predicted octanol–water partition coefficient (Wildman–Crippen LogP) is 3.60. The van der Waals surface area contributed by atoms with E-state index < -0.39 is 11.6 Å². The topological polar surface area (TPSA) is 24.9 Å². The molecule has 19 heavy (non-hydrogen) atoms. The molecular formula is C14H16F2N2S. The maximum absolute atomic E-state index is 13.1. The quantitative estimate of drug-likeness (QED) is 0.926. The van der Waals surface area contributed by atoms with E-state index in [0.29, 0.717) is 12.0 Å². The third-order valence-corrected chi connectivity index (χ3v) is 4.32. The van der Waals surface area contributed by atoms with Crippen LogP contribution in [-0.2, 0) is 6.42 Å². The zero-order valence-corrected chi connectivity index (χ0v) is 11.9. The molecule has 1 atom stereocenters. The normalized spacial score (nSPS) is 12.7. The van der Waals surface area contributed by atoms with Gasteiger partial charge in [-0.1, -0.05) is 0 Å². The fourth-order valence-electron chi connectivity index (χ4n) is 1.96. The standard InChI is InChI=1S/C14H16F2N2S/c1-8(17-3)14-9(2)18-13(19-14)6-10-4-11(15)7-12(16)5-10/h4-5,7-8,17H,6H2,1-3H3. The van der Waals surface area contributed by atoms with Gasteiger partial charge < -0.3 is 5.32 Å². The van der Waals surface area contributed by atoms with Crippen molar-refractivity contribution >= 4 is 11.3 Å². The van der Waals surface area contributed by atoms with Crippen LogP contribution in [0.25, 0.3) is 0 Å². The number of aromatic nitrogens is 1. The highest BCUT2D eigenvalue weighted by Crippen LogP contribution is 2.26. The number of halogens is 2. The van der Waals surface area contributed by atoms with Gasteiger partial charge in [0.15, 0.2) is 0 Å². The van der Waals surface area contributed by atoms with Crippen LogP contribution in [0.1, 0.15) is 34.1 Å². The maximum atomic E-state index is 13.1. The number of rotatable bonds is 4. The maximum Gasteiger partial charge on any atom is 0.126 e. The van der Waals surface area contributed by atoms with Gasteiger partial charge in [-0.25, -0.2) is 13.8 Å². The van der Waals surface area contributed by atoms with Gasteiger partial charge in [0.2, 0.25) is 0 Å². The van der Waals surface area contributed by atoms with Crippen LogP contribution in [0.2, 0.25) is 0 Å². The number of benzene rings is 1. The third kappa shape index (κ3) is 3.36. The molecule has 0 aliphatic carbocycles. The van der Waals surface area contributed by atoms with Gasteiger partial charge >= 0.3 is 0 Å². The highest BCUT2D eigenvalue weighted by molar-refractivity contribution is 7.11. The molecule has 2 aromatic rings. The lowest BCUT2D eigenvalue weighted by Crippen LogP contribution is -2.11. The van der Waals surface area contributed by atoms with Crippen molar-refractivity contribution in [3.63, 3.8) is 0 Å². The lowest BCUT2D eigenvalue weighted by Gasteiger charge is -2.07. The minimum atomic E-state index is -0.549. The van der Waals surface area contributed by atoms with E-state index in [1.165, 1.54) is 12.1 Å². The van der Waals surface area contributed by atoms with E-state index in [-0.39, 0.29) is 6.04 Å². The molecule has 0 saturated carbocycles. The smallest absolute Gasteiger partial charge is 0.126 e. The van der Waals surface area contributed by atoms with Crippen molar-refractivity contribution in [2.45, 2.75) is 26.3 Å². The first kappa shape index (κ1) is 14.1. The average molecular weight is 282 g/mol. The summed E-state index contributed by atoms with van der Waals surface area (Å²) >= 11 is 1.58. The highest BCUT2D eigenvalue weighted by Gasteiger charge is 2.13. The van der Waals surface area contributed by atoms with E-state index in [4.69, 9.17) is 0 Å². The van der Waals surface area contributed by atoms with Gasteiger partial charge in [0, 0.05) is 23.4 Å². The van der Waals surface area contributed by atoms with Crippen LogP contribution < -0.4 is 5.32 Å². The predicted molar refractivity (Wildman–Crippen MR) is 73.5 cm³/mol. The molecule has 0 bridgehead atoms. The molecule has 1 heterocycles. The van der Waals surface area contributed by atoms with Crippen molar-refractivity contribution in [1.82, 2.24) is 10.3 Å². The van der Waals surface area contributed by atoms with Crippen molar-refractivity contribution in [2.75, 3.05) is 7.05 Å². The summed E-state index contributed by atoms with van der Waals surface area (Å²) in [6, 6.07) is 3.81. The summed E-state index contributed by atoms with van der Waals surface area (Å²) in [5, 5.41) is 4.04. The molecule has 0 spiro atoms. The Morgan fingerprint density at radius 3 is 2.47 bits per heavy atom. The van der Waals surface area contributed by atoms with E-state index in [1.54, 1.807) is 11.3 Å². The zero-order chi connectivity index (χ0) is 14.0. The van der Waals surface area contributed by atoms with Crippen molar-refractivity contribution < 1.29 is 8.78 Å². The van der Waals surface area contributed by atoms with Crippen molar-refractivity contribution in [3.8, 4) is 0 Å². The monoisotopic (exact) mass is 282 g/mol. The van der Waals surface area contributed by atoms with E-state index in [9.17, 15) is 8.78 Å². The Balaban J connectivity index is 2.24. The van der Waals surface area contributed by atoms with E-state index in [0.717, 1.165) is 21.6 Å². The summed E-state index contributed by atoms with van der Waals surface area (Å²) < 4.78 is 26.3. The largest absolute Gasteiger partial charge is 0.312 e. The lowest BCUT2D eigenvalue weighted by molar-refractivity contribution is 0.580. The minimum absolute atomic E-state index is 0.232. The second-order valence-electron chi connectivity index (χ2n) is 4.52. The average Bonchev–Trinajstić information content (AvgIpc) is 2.68. The van der Waals surface area contributed by atoms with Gasteiger partial charge in [-0.15, -0.1) is 11.3 Å². The summed E-state index contributed by atoms with van der Waals surface area (Å²) in [7, 11) is 1.89. The molecule has 2 rings (SSSR count).